The largest absolute Gasteiger partial charge is 0.0692 e. The zero-order valence-corrected chi connectivity index (χ0v) is 10.1. The van der Waals surface area contributed by atoms with E-state index in [1.165, 1.54) is 19.3 Å². The molecule has 0 unspecified atom stereocenters. The van der Waals surface area contributed by atoms with Gasteiger partial charge in [-0.15, -0.1) is 0 Å². The van der Waals surface area contributed by atoms with Gasteiger partial charge in [-0.3, -0.25) is 0 Å². The Labute approximate surface area is 73.4 Å². The smallest absolute Gasteiger partial charge is 0.0499 e. The first kappa shape index (κ1) is 11.2. The van der Waals surface area contributed by atoms with Crippen molar-refractivity contribution in [1.82, 2.24) is 0 Å². The van der Waals surface area contributed by atoms with Gasteiger partial charge in [0.05, 0.1) is 0 Å². The Bertz CT molecular complexity index is 109. The van der Waals surface area contributed by atoms with Gasteiger partial charge in [0.15, 0.2) is 0 Å². The van der Waals surface area contributed by atoms with Crippen molar-refractivity contribution in [2.45, 2.75) is 64.7 Å². The molecular weight excluding hydrogens is 148 g/mol. The zero-order valence-electron chi connectivity index (χ0n) is 9.12. The summed E-state index contributed by atoms with van der Waals surface area (Å²) in [6.45, 7) is 14.6. The SMILES string of the molecule is CCCCC(C)(C)[Si](C)(C)C. The van der Waals surface area contributed by atoms with E-state index in [9.17, 15) is 0 Å². The van der Waals surface area contributed by atoms with Crippen molar-refractivity contribution in [2.24, 2.45) is 0 Å². The van der Waals surface area contributed by atoms with E-state index in [-0.39, 0.29) is 0 Å². The van der Waals surface area contributed by atoms with Gasteiger partial charge in [0, 0.05) is 8.07 Å². The first-order valence-electron chi connectivity index (χ1n) is 4.81. The van der Waals surface area contributed by atoms with Crippen LogP contribution < -0.4 is 0 Å². The Hall–Kier alpha value is 0.217. The van der Waals surface area contributed by atoms with Crippen molar-refractivity contribution >= 4 is 8.07 Å². The van der Waals surface area contributed by atoms with Crippen LogP contribution in [-0.4, -0.2) is 8.07 Å². The van der Waals surface area contributed by atoms with Gasteiger partial charge in [-0.05, 0) is 5.04 Å². The van der Waals surface area contributed by atoms with Crippen LogP contribution in [0, 0.1) is 0 Å². The molecule has 0 saturated carbocycles. The second-order valence-corrected chi connectivity index (χ2v) is 11.1. The molecule has 1 heteroatoms. The molecule has 0 aliphatic rings. The summed E-state index contributed by atoms with van der Waals surface area (Å²) in [4.78, 5) is 0. The molecule has 0 radical (unpaired) electrons. The second-order valence-electron chi connectivity index (χ2n) is 5.24. The zero-order chi connectivity index (χ0) is 9.12. The van der Waals surface area contributed by atoms with Gasteiger partial charge in [0.1, 0.15) is 0 Å². The van der Waals surface area contributed by atoms with E-state index in [2.05, 4.69) is 40.4 Å². The van der Waals surface area contributed by atoms with E-state index in [1.807, 2.05) is 0 Å². The Morgan fingerprint density at radius 2 is 1.55 bits per heavy atom. The molecule has 0 aromatic heterocycles. The Kier molecular flexibility index (Phi) is 3.82. The van der Waals surface area contributed by atoms with Crippen LogP contribution >= 0.6 is 0 Å². The maximum Gasteiger partial charge on any atom is 0.0499 e. The fourth-order valence-corrected chi connectivity index (χ4v) is 1.92. The minimum absolute atomic E-state index is 0.628. The lowest BCUT2D eigenvalue weighted by molar-refractivity contribution is 0.549. The summed E-state index contributed by atoms with van der Waals surface area (Å²) in [7, 11) is -0.922. The van der Waals surface area contributed by atoms with E-state index in [1.54, 1.807) is 0 Å². The standard InChI is InChI=1S/C10H24Si/c1-7-8-9-10(2,3)11(4,5)6/h7-9H2,1-6H3. The first-order valence-corrected chi connectivity index (χ1v) is 8.31. The molecule has 0 aliphatic heterocycles. The minimum Gasteiger partial charge on any atom is -0.0692 e. The van der Waals surface area contributed by atoms with Gasteiger partial charge in [-0.25, -0.2) is 0 Å². The van der Waals surface area contributed by atoms with E-state index in [4.69, 9.17) is 0 Å². The Balaban J connectivity index is 4.00. The van der Waals surface area contributed by atoms with Gasteiger partial charge < -0.3 is 0 Å². The summed E-state index contributed by atoms with van der Waals surface area (Å²) < 4.78 is 0. The molecule has 0 aliphatic carbocycles. The number of hydrogen-bond donors (Lipinski definition) is 0. The topological polar surface area (TPSA) is 0 Å². The van der Waals surface area contributed by atoms with Crippen LogP contribution in [-0.2, 0) is 0 Å². The van der Waals surface area contributed by atoms with Crippen LogP contribution in [0.3, 0.4) is 0 Å². The predicted octanol–water partition coefficient (Wildman–Crippen LogP) is 4.30. The Morgan fingerprint density at radius 1 is 1.09 bits per heavy atom. The van der Waals surface area contributed by atoms with E-state index in [0.717, 1.165) is 0 Å². The van der Waals surface area contributed by atoms with E-state index >= 15 is 0 Å². The van der Waals surface area contributed by atoms with Gasteiger partial charge in [0.2, 0.25) is 0 Å². The Morgan fingerprint density at radius 3 is 1.82 bits per heavy atom. The molecule has 0 bridgehead atoms. The van der Waals surface area contributed by atoms with E-state index in [0.29, 0.717) is 5.04 Å². The monoisotopic (exact) mass is 172 g/mol. The summed E-state index contributed by atoms with van der Waals surface area (Å²) in [5.41, 5.74) is 0. The van der Waals surface area contributed by atoms with Gasteiger partial charge in [-0.1, -0.05) is 59.7 Å². The maximum absolute atomic E-state index is 2.47. The normalized spacial score (nSPS) is 13.6. The molecule has 0 fully saturated rings. The number of rotatable bonds is 4. The van der Waals surface area contributed by atoms with Crippen LogP contribution in [0.15, 0.2) is 0 Å². The highest BCUT2D eigenvalue weighted by Crippen LogP contribution is 2.41. The maximum atomic E-state index is 2.47. The lowest BCUT2D eigenvalue weighted by atomic mass is 10.1. The second kappa shape index (κ2) is 3.75. The van der Waals surface area contributed by atoms with Crippen molar-refractivity contribution in [3.05, 3.63) is 0 Å². The van der Waals surface area contributed by atoms with Crippen LogP contribution in [0.1, 0.15) is 40.0 Å². The average Bonchev–Trinajstić information content (AvgIpc) is 1.81. The van der Waals surface area contributed by atoms with Gasteiger partial charge in [0.25, 0.3) is 0 Å². The highest BCUT2D eigenvalue weighted by Gasteiger charge is 2.33. The molecule has 0 heterocycles. The lowest BCUT2D eigenvalue weighted by Gasteiger charge is -2.37. The van der Waals surface area contributed by atoms with Crippen LogP contribution in [0.2, 0.25) is 24.7 Å². The molecule has 0 aromatic carbocycles. The molecular formula is C10H24Si. The molecule has 0 atom stereocenters. The third-order valence-electron chi connectivity index (χ3n) is 3.19. The number of unbranched alkanes of at least 4 members (excludes halogenated alkanes) is 1. The summed E-state index contributed by atoms with van der Waals surface area (Å²) in [6.07, 6.45) is 4.16. The van der Waals surface area contributed by atoms with Crippen LogP contribution in [0.5, 0.6) is 0 Å². The highest BCUT2D eigenvalue weighted by molar-refractivity contribution is 6.78. The van der Waals surface area contributed by atoms with Crippen molar-refractivity contribution < 1.29 is 0 Å². The summed E-state index contributed by atoms with van der Waals surface area (Å²) in [5.74, 6) is 0. The molecule has 11 heavy (non-hydrogen) atoms. The molecule has 0 spiro atoms. The van der Waals surface area contributed by atoms with Gasteiger partial charge >= 0.3 is 0 Å². The van der Waals surface area contributed by atoms with Gasteiger partial charge in [-0.2, -0.15) is 0 Å². The van der Waals surface area contributed by atoms with E-state index < -0.39 is 8.07 Å². The molecule has 0 amide bonds. The van der Waals surface area contributed by atoms with Crippen molar-refractivity contribution in [1.29, 1.82) is 0 Å². The third-order valence-corrected chi connectivity index (χ3v) is 7.50. The van der Waals surface area contributed by atoms with Crippen molar-refractivity contribution in [3.63, 3.8) is 0 Å². The lowest BCUT2D eigenvalue weighted by Crippen LogP contribution is -2.35. The minimum atomic E-state index is -0.922. The van der Waals surface area contributed by atoms with Crippen LogP contribution in [0.25, 0.3) is 0 Å². The predicted molar refractivity (Wildman–Crippen MR) is 56.9 cm³/mol. The molecule has 0 rings (SSSR count). The van der Waals surface area contributed by atoms with Crippen molar-refractivity contribution in [3.8, 4) is 0 Å². The highest BCUT2D eigenvalue weighted by atomic mass is 28.3. The molecule has 0 aromatic rings. The summed E-state index contributed by atoms with van der Waals surface area (Å²) >= 11 is 0. The fourth-order valence-electron chi connectivity index (χ4n) is 0.994. The molecule has 0 N–H and O–H groups in total. The summed E-state index contributed by atoms with van der Waals surface area (Å²) in [6, 6.07) is 0. The van der Waals surface area contributed by atoms with Crippen molar-refractivity contribution in [2.75, 3.05) is 0 Å². The molecule has 68 valence electrons. The summed E-state index contributed by atoms with van der Waals surface area (Å²) in [5, 5.41) is 0.628. The van der Waals surface area contributed by atoms with Crippen LogP contribution in [0.4, 0.5) is 0 Å². The first-order chi connectivity index (χ1) is 4.81. The molecule has 0 saturated heterocycles. The number of hydrogen-bond acceptors (Lipinski definition) is 0. The average molecular weight is 172 g/mol. The molecule has 0 nitrogen and oxygen atoms in total. The quantitative estimate of drug-likeness (QED) is 0.555. The fraction of sp³-hybridized carbons (Fsp3) is 1.00. The third kappa shape index (κ3) is 3.41.